The van der Waals surface area contributed by atoms with Gasteiger partial charge in [0, 0.05) is 29.1 Å². The molecule has 0 aliphatic rings. The van der Waals surface area contributed by atoms with Crippen LogP contribution in [0.25, 0.3) is 27.6 Å². The summed E-state index contributed by atoms with van der Waals surface area (Å²) < 4.78 is 15.4. The van der Waals surface area contributed by atoms with E-state index in [2.05, 4.69) is 60.3 Å². The number of aromatic amines is 1. The van der Waals surface area contributed by atoms with Gasteiger partial charge in [-0.2, -0.15) is 0 Å². The molecule has 2 N–H and O–H groups in total. The van der Waals surface area contributed by atoms with Gasteiger partial charge in [-0.25, -0.2) is 9.07 Å². The molecule has 0 spiro atoms. The van der Waals surface area contributed by atoms with Crippen LogP contribution in [0.15, 0.2) is 47.3 Å². The van der Waals surface area contributed by atoms with Crippen LogP contribution in [0.4, 0.5) is 4.39 Å². The van der Waals surface area contributed by atoms with Crippen molar-refractivity contribution in [2.45, 2.75) is 45.7 Å². The zero-order valence-corrected chi connectivity index (χ0v) is 20.0. The maximum atomic E-state index is 14.0. The van der Waals surface area contributed by atoms with E-state index in [9.17, 15) is 14.0 Å². The summed E-state index contributed by atoms with van der Waals surface area (Å²) >= 11 is 0. The first kappa shape index (κ1) is 23.6. The number of benzene rings is 2. The van der Waals surface area contributed by atoms with Crippen LogP contribution < -0.4 is 10.9 Å². The van der Waals surface area contributed by atoms with Gasteiger partial charge in [0.2, 0.25) is 0 Å². The van der Waals surface area contributed by atoms with Gasteiger partial charge in [-0.05, 0) is 71.5 Å². The molecule has 4 aromatic rings. The highest BCUT2D eigenvalue weighted by atomic mass is 19.1. The van der Waals surface area contributed by atoms with Crippen LogP contribution in [0, 0.1) is 5.82 Å². The highest BCUT2D eigenvalue weighted by Crippen LogP contribution is 2.21. The third kappa shape index (κ3) is 4.43. The number of nitrogens with one attached hydrogen (secondary N) is 2. The lowest BCUT2D eigenvalue weighted by molar-refractivity contribution is 0.0936. The lowest BCUT2D eigenvalue weighted by Crippen LogP contribution is -2.45. The number of rotatable bonds is 6. The van der Waals surface area contributed by atoms with Crippen molar-refractivity contribution < 1.29 is 9.18 Å². The SMILES string of the molecule is CC(CCNC(=O)c1ccc(-n2[nH]c3c(nnc4c(F)cccc43)c2=O)cc1)N(C)C(C)(C)C. The van der Waals surface area contributed by atoms with Crippen molar-refractivity contribution in [1.82, 2.24) is 30.2 Å². The maximum absolute atomic E-state index is 14.0. The number of amides is 1. The van der Waals surface area contributed by atoms with E-state index in [0.29, 0.717) is 34.7 Å². The summed E-state index contributed by atoms with van der Waals surface area (Å²) in [5.74, 6) is -0.677. The van der Waals surface area contributed by atoms with Crippen molar-refractivity contribution in [3.8, 4) is 5.69 Å². The van der Waals surface area contributed by atoms with Gasteiger partial charge >= 0.3 is 0 Å². The van der Waals surface area contributed by atoms with Gasteiger partial charge in [-0.1, -0.05) is 12.1 Å². The number of halogens is 1. The first-order valence-electron chi connectivity index (χ1n) is 11.2. The molecule has 0 bridgehead atoms. The Morgan fingerprint density at radius 2 is 1.82 bits per heavy atom. The Morgan fingerprint density at radius 1 is 1.15 bits per heavy atom. The van der Waals surface area contributed by atoms with Crippen LogP contribution in [0.5, 0.6) is 0 Å². The number of carbonyl (C=O) groups is 1. The number of hydrogen-bond donors (Lipinski definition) is 2. The molecule has 8 nitrogen and oxygen atoms in total. The largest absolute Gasteiger partial charge is 0.352 e. The lowest BCUT2D eigenvalue weighted by atomic mass is 10.0. The molecule has 0 aliphatic carbocycles. The van der Waals surface area contributed by atoms with Crippen LogP contribution in [-0.2, 0) is 0 Å². The van der Waals surface area contributed by atoms with Gasteiger partial charge in [0.15, 0.2) is 11.3 Å². The summed E-state index contributed by atoms with van der Waals surface area (Å²) in [5.41, 5.74) is 1.31. The fraction of sp³-hybridized carbons (Fsp3) is 0.360. The molecule has 0 saturated carbocycles. The smallest absolute Gasteiger partial charge is 0.299 e. The second-order valence-corrected chi connectivity index (χ2v) is 9.53. The van der Waals surface area contributed by atoms with E-state index in [1.165, 1.54) is 10.7 Å². The summed E-state index contributed by atoms with van der Waals surface area (Å²) in [7, 11) is 2.09. The number of nitrogens with zero attached hydrogens (tertiary/aromatic N) is 4. The molecule has 1 amide bonds. The highest BCUT2D eigenvalue weighted by molar-refractivity contribution is 6.01. The third-order valence-corrected chi connectivity index (χ3v) is 6.33. The minimum Gasteiger partial charge on any atom is -0.352 e. The zero-order valence-electron chi connectivity index (χ0n) is 20.0. The molecular formula is C25H29FN6O2. The molecule has 34 heavy (non-hydrogen) atoms. The van der Waals surface area contributed by atoms with E-state index in [0.717, 1.165) is 6.42 Å². The van der Waals surface area contributed by atoms with Gasteiger partial charge < -0.3 is 5.32 Å². The molecular weight excluding hydrogens is 435 g/mol. The number of hydrogen-bond acceptors (Lipinski definition) is 5. The van der Waals surface area contributed by atoms with Gasteiger partial charge in [0.1, 0.15) is 5.52 Å². The standard InChI is InChI=1S/C25H29FN6O2/c1-15(31(5)25(2,3)4)13-14-27-23(33)16-9-11-17(12-10-16)32-24(34)22-21(30-32)18-7-6-8-19(26)20(18)28-29-22/h6-12,15,30H,13-14H2,1-5H3,(H,27,33). The van der Waals surface area contributed by atoms with Crippen molar-refractivity contribution in [2.75, 3.05) is 13.6 Å². The average molecular weight is 465 g/mol. The Hall–Kier alpha value is -3.59. The molecule has 178 valence electrons. The number of carbonyl (C=O) groups excluding carboxylic acids is 1. The molecule has 2 aromatic heterocycles. The van der Waals surface area contributed by atoms with E-state index in [4.69, 9.17) is 0 Å². The van der Waals surface area contributed by atoms with Crippen LogP contribution >= 0.6 is 0 Å². The Kier molecular flexibility index (Phi) is 6.22. The predicted octanol–water partition coefficient (Wildman–Crippen LogP) is 3.64. The zero-order chi connectivity index (χ0) is 24.6. The van der Waals surface area contributed by atoms with Crippen LogP contribution in [-0.4, -0.2) is 56.0 Å². The van der Waals surface area contributed by atoms with E-state index < -0.39 is 11.4 Å². The monoisotopic (exact) mass is 464 g/mol. The van der Waals surface area contributed by atoms with Crippen LogP contribution in [0.3, 0.4) is 0 Å². The molecule has 2 aromatic carbocycles. The topological polar surface area (TPSA) is 95.9 Å². The quantitative estimate of drug-likeness (QED) is 0.454. The molecule has 1 atom stereocenters. The summed E-state index contributed by atoms with van der Waals surface area (Å²) in [6, 6.07) is 11.5. The van der Waals surface area contributed by atoms with Gasteiger partial charge in [0.05, 0.1) is 11.2 Å². The summed E-state index contributed by atoms with van der Waals surface area (Å²) in [5, 5.41) is 14.2. The minimum atomic E-state index is -0.504. The Labute approximate surface area is 196 Å². The predicted molar refractivity (Wildman–Crippen MR) is 131 cm³/mol. The van der Waals surface area contributed by atoms with Gasteiger partial charge in [0.25, 0.3) is 11.5 Å². The molecule has 0 saturated heterocycles. The van der Waals surface area contributed by atoms with E-state index in [-0.39, 0.29) is 22.5 Å². The number of H-pyrrole nitrogens is 1. The summed E-state index contributed by atoms with van der Waals surface area (Å²) in [6.45, 7) is 9.19. The molecule has 0 fully saturated rings. The van der Waals surface area contributed by atoms with Gasteiger partial charge in [-0.15, -0.1) is 10.2 Å². The summed E-state index contributed by atoms with van der Waals surface area (Å²) in [6.07, 6.45) is 0.831. The van der Waals surface area contributed by atoms with Crippen molar-refractivity contribution in [3.63, 3.8) is 0 Å². The second kappa shape index (κ2) is 8.98. The molecule has 0 radical (unpaired) electrons. The van der Waals surface area contributed by atoms with Crippen LogP contribution in [0.1, 0.15) is 44.5 Å². The van der Waals surface area contributed by atoms with Crippen molar-refractivity contribution >= 4 is 27.8 Å². The maximum Gasteiger partial charge on any atom is 0.299 e. The Morgan fingerprint density at radius 3 is 2.50 bits per heavy atom. The Bertz CT molecular complexity index is 1400. The Balaban J connectivity index is 1.50. The van der Waals surface area contributed by atoms with E-state index in [1.54, 1.807) is 36.4 Å². The third-order valence-electron chi connectivity index (χ3n) is 6.33. The molecule has 9 heteroatoms. The fourth-order valence-electron chi connectivity index (χ4n) is 3.92. The fourth-order valence-corrected chi connectivity index (χ4v) is 3.92. The highest BCUT2D eigenvalue weighted by Gasteiger charge is 2.22. The molecule has 4 rings (SSSR count). The van der Waals surface area contributed by atoms with Crippen molar-refractivity contribution in [2.24, 2.45) is 0 Å². The first-order chi connectivity index (χ1) is 16.1. The van der Waals surface area contributed by atoms with Gasteiger partial charge in [-0.3, -0.25) is 19.6 Å². The van der Waals surface area contributed by atoms with Crippen LogP contribution in [0.2, 0.25) is 0 Å². The molecule has 1 unspecified atom stereocenters. The molecule has 0 aliphatic heterocycles. The average Bonchev–Trinajstić information content (AvgIpc) is 3.15. The van der Waals surface area contributed by atoms with E-state index >= 15 is 0 Å². The summed E-state index contributed by atoms with van der Waals surface area (Å²) in [4.78, 5) is 27.7. The van der Waals surface area contributed by atoms with Crippen molar-refractivity contribution in [1.29, 1.82) is 0 Å². The second-order valence-electron chi connectivity index (χ2n) is 9.53. The number of aromatic nitrogens is 4. The van der Waals surface area contributed by atoms with Crippen molar-refractivity contribution in [3.05, 3.63) is 64.2 Å². The van der Waals surface area contributed by atoms with E-state index in [1.807, 2.05) is 0 Å². The normalized spacial score (nSPS) is 13.0. The number of fused-ring (bicyclic) bond motifs is 3. The molecule has 2 heterocycles. The minimum absolute atomic E-state index is 0.0615. The first-order valence-corrected chi connectivity index (χ1v) is 11.2. The lowest BCUT2D eigenvalue weighted by Gasteiger charge is -2.37.